The van der Waals surface area contributed by atoms with Gasteiger partial charge in [0.05, 0.1) is 6.04 Å². The summed E-state index contributed by atoms with van der Waals surface area (Å²) in [6, 6.07) is 4.17. The molecule has 2 heterocycles. The molecule has 0 saturated carbocycles. The van der Waals surface area contributed by atoms with Gasteiger partial charge in [0.2, 0.25) is 0 Å². The minimum Gasteiger partial charge on any atom is -0.361 e. The predicted octanol–water partition coefficient (Wildman–Crippen LogP) is 2.46. The van der Waals surface area contributed by atoms with Crippen molar-refractivity contribution in [2.24, 2.45) is 0 Å². The largest absolute Gasteiger partial charge is 0.361 e. The Labute approximate surface area is 124 Å². The van der Waals surface area contributed by atoms with Crippen molar-refractivity contribution in [1.29, 1.82) is 0 Å². The zero-order chi connectivity index (χ0) is 14.9. The van der Waals surface area contributed by atoms with Crippen molar-refractivity contribution in [3.05, 3.63) is 34.5 Å². The van der Waals surface area contributed by atoms with Crippen LogP contribution in [0.4, 0.5) is 0 Å². The molecule has 1 unspecified atom stereocenters. The van der Waals surface area contributed by atoms with E-state index in [2.05, 4.69) is 10.5 Å². The smallest absolute Gasteiger partial charge is 0.273 e. The Morgan fingerprint density at radius 1 is 1.50 bits per heavy atom. The molecular weight excluding hydrogens is 324 g/mol. The molecule has 1 N–H and O–H groups in total. The highest BCUT2D eigenvalue weighted by Gasteiger charge is 2.19. The zero-order valence-electron chi connectivity index (χ0n) is 10.6. The Morgan fingerprint density at radius 2 is 2.20 bits per heavy atom. The maximum Gasteiger partial charge on any atom is 0.273 e. The summed E-state index contributed by atoms with van der Waals surface area (Å²) in [7, 11) is 1.51. The maximum absolute atomic E-state index is 11.9. The quantitative estimate of drug-likeness (QED) is 0.867. The molecule has 0 spiro atoms. The van der Waals surface area contributed by atoms with Crippen LogP contribution < -0.4 is 5.32 Å². The third-order valence-corrected chi connectivity index (χ3v) is 5.84. The molecule has 1 amide bonds. The lowest BCUT2D eigenvalue weighted by atomic mass is 10.2. The van der Waals surface area contributed by atoms with Gasteiger partial charge >= 0.3 is 0 Å². The molecule has 1 atom stereocenters. The molecule has 108 valence electrons. The molecule has 2 aromatic heterocycles. The average Bonchev–Trinajstić information content (AvgIpc) is 2.95. The molecule has 0 saturated heterocycles. The van der Waals surface area contributed by atoms with E-state index in [0.717, 1.165) is 11.3 Å². The number of carbonyl (C=O) groups excluding carboxylic acids is 1. The monoisotopic (exact) mass is 334 g/mol. The first kappa shape index (κ1) is 15.0. The third kappa shape index (κ3) is 3.38. The molecule has 6 nitrogen and oxygen atoms in total. The number of nitrogens with one attached hydrogen (secondary N) is 1. The molecule has 0 aliphatic carbocycles. The standard InChI is InChI=1S/C11H11ClN2O4S2/c1-6-5-8(14-18-6)11(15)13-7(2)9-3-4-10(19-9)20(12,16)17/h3-5,7H,1-2H3,(H,13,15). The predicted molar refractivity (Wildman–Crippen MR) is 74.5 cm³/mol. The second-order valence-electron chi connectivity index (χ2n) is 4.11. The number of thiophene rings is 1. The third-order valence-electron chi connectivity index (χ3n) is 2.48. The molecule has 0 aromatic carbocycles. The first-order valence-electron chi connectivity index (χ1n) is 5.56. The summed E-state index contributed by atoms with van der Waals surface area (Å²) in [5.74, 6) is 0.146. The Hall–Kier alpha value is -1.38. The van der Waals surface area contributed by atoms with Gasteiger partial charge in [-0.1, -0.05) is 5.16 Å². The van der Waals surface area contributed by atoms with E-state index in [9.17, 15) is 13.2 Å². The molecule has 2 aromatic rings. The van der Waals surface area contributed by atoms with Crippen molar-refractivity contribution in [3.63, 3.8) is 0 Å². The van der Waals surface area contributed by atoms with Gasteiger partial charge in [-0.25, -0.2) is 8.42 Å². The van der Waals surface area contributed by atoms with E-state index in [-0.39, 0.29) is 15.9 Å². The first-order chi connectivity index (χ1) is 9.27. The molecule has 0 aliphatic heterocycles. The number of aryl methyl sites for hydroxylation is 1. The van der Waals surface area contributed by atoms with Crippen LogP contribution in [0.5, 0.6) is 0 Å². The minimum absolute atomic E-state index is 0.0487. The van der Waals surface area contributed by atoms with E-state index in [4.69, 9.17) is 15.2 Å². The van der Waals surface area contributed by atoms with Crippen molar-refractivity contribution in [2.75, 3.05) is 0 Å². The molecule has 9 heteroatoms. The van der Waals surface area contributed by atoms with Crippen molar-refractivity contribution in [2.45, 2.75) is 24.1 Å². The summed E-state index contributed by atoms with van der Waals surface area (Å²) < 4.78 is 27.2. The van der Waals surface area contributed by atoms with E-state index in [1.54, 1.807) is 19.9 Å². The van der Waals surface area contributed by atoms with Gasteiger partial charge < -0.3 is 9.84 Å². The number of carbonyl (C=O) groups is 1. The molecule has 2 rings (SSSR count). The lowest BCUT2D eigenvalue weighted by molar-refractivity contribution is 0.0931. The number of hydrogen-bond donors (Lipinski definition) is 1. The Kier molecular flexibility index (Phi) is 4.17. The van der Waals surface area contributed by atoms with Gasteiger partial charge in [0.25, 0.3) is 15.0 Å². The average molecular weight is 335 g/mol. The van der Waals surface area contributed by atoms with Crippen LogP contribution in [0.1, 0.15) is 34.1 Å². The van der Waals surface area contributed by atoms with E-state index >= 15 is 0 Å². The SMILES string of the molecule is Cc1cc(C(=O)NC(C)c2ccc(S(=O)(=O)Cl)s2)no1. The fourth-order valence-corrected chi connectivity index (χ4v) is 3.61. The molecule has 0 bridgehead atoms. The van der Waals surface area contributed by atoms with E-state index in [0.29, 0.717) is 10.6 Å². The van der Waals surface area contributed by atoms with Crippen molar-refractivity contribution in [1.82, 2.24) is 10.5 Å². The lowest BCUT2D eigenvalue weighted by Crippen LogP contribution is -2.26. The van der Waals surface area contributed by atoms with Crippen LogP contribution in [-0.4, -0.2) is 19.5 Å². The van der Waals surface area contributed by atoms with Gasteiger partial charge in [0, 0.05) is 21.6 Å². The van der Waals surface area contributed by atoms with Crippen molar-refractivity contribution < 1.29 is 17.7 Å². The van der Waals surface area contributed by atoms with Crippen LogP contribution >= 0.6 is 22.0 Å². The second kappa shape index (κ2) is 5.55. The van der Waals surface area contributed by atoms with Gasteiger partial charge in [0.1, 0.15) is 9.97 Å². The van der Waals surface area contributed by atoms with Crippen LogP contribution in [0.15, 0.2) is 26.9 Å². The summed E-state index contributed by atoms with van der Waals surface area (Å²) in [4.78, 5) is 12.6. The van der Waals surface area contributed by atoms with Crippen LogP contribution in [0.3, 0.4) is 0 Å². The number of aromatic nitrogens is 1. The summed E-state index contributed by atoms with van der Waals surface area (Å²) >= 11 is 1.01. The fourth-order valence-electron chi connectivity index (χ4n) is 1.51. The zero-order valence-corrected chi connectivity index (χ0v) is 13.0. The van der Waals surface area contributed by atoms with Gasteiger partial charge in [-0.05, 0) is 26.0 Å². The number of amides is 1. The second-order valence-corrected chi connectivity index (χ2v) is 8.02. The number of rotatable bonds is 4. The summed E-state index contributed by atoms with van der Waals surface area (Å²) in [6.07, 6.45) is 0. The topological polar surface area (TPSA) is 89.3 Å². The normalized spacial score (nSPS) is 13.2. The molecular formula is C11H11ClN2O4S2. The van der Waals surface area contributed by atoms with Crippen LogP contribution in [0.2, 0.25) is 0 Å². The Balaban J connectivity index is 2.10. The highest BCUT2D eigenvalue weighted by molar-refractivity contribution is 8.15. The number of nitrogens with zero attached hydrogens (tertiary/aromatic N) is 1. The molecule has 0 fully saturated rings. The number of halogens is 1. The fraction of sp³-hybridized carbons (Fsp3) is 0.273. The first-order valence-corrected chi connectivity index (χ1v) is 8.68. The maximum atomic E-state index is 11.9. The Bertz CT molecular complexity index is 735. The minimum atomic E-state index is -3.74. The Morgan fingerprint density at radius 3 is 2.70 bits per heavy atom. The summed E-state index contributed by atoms with van der Waals surface area (Å²) in [5.41, 5.74) is 0.177. The molecule has 20 heavy (non-hydrogen) atoms. The van der Waals surface area contributed by atoms with Gasteiger partial charge in [-0.3, -0.25) is 4.79 Å². The van der Waals surface area contributed by atoms with Crippen LogP contribution in [0, 0.1) is 6.92 Å². The van der Waals surface area contributed by atoms with Crippen molar-refractivity contribution in [3.8, 4) is 0 Å². The van der Waals surface area contributed by atoms with E-state index in [1.165, 1.54) is 12.1 Å². The van der Waals surface area contributed by atoms with Gasteiger partial charge in [-0.2, -0.15) is 0 Å². The van der Waals surface area contributed by atoms with Gasteiger partial charge in [-0.15, -0.1) is 11.3 Å². The highest BCUT2D eigenvalue weighted by atomic mass is 35.7. The lowest BCUT2D eigenvalue weighted by Gasteiger charge is -2.10. The van der Waals surface area contributed by atoms with Gasteiger partial charge in [0.15, 0.2) is 5.69 Å². The van der Waals surface area contributed by atoms with E-state index in [1.807, 2.05) is 0 Å². The van der Waals surface area contributed by atoms with Crippen LogP contribution in [0.25, 0.3) is 0 Å². The summed E-state index contributed by atoms with van der Waals surface area (Å²) in [6.45, 7) is 3.42. The number of hydrogen-bond acceptors (Lipinski definition) is 6. The van der Waals surface area contributed by atoms with E-state index < -0.39 is 15.0 Å². The summed E-state index contributed by atoms with van der Waals surface area (Å²) in [5, 5.41) is 6.31. The molecule has 0 aliphatic rings. The van der Waals surface area contributed by atoms with Crippen LogP contribution in [-0.2, 0) is 9.05 Å². The molecule has 0 radical (unpaired) electrons. The van der Waals surface area contributed by atoms with Crippen molar-refractivity contribution >= 4 is 37.0 Å². The highest BCUT2D eigenvalue weighted by Crippen LogP contribution is 2.28.